The van der Waals surface area contributed by atoms with Gasteiger partial charge in [0.25, 0.3) is 0 Å². The second-order valence-corrected chi connectivity index (χ2v) is 7.12. The van der Waals surface area contributed by atoms with Crippen molar-refractivity contribution >= 4 is 22.9 Å². The number of nitrogens with one attached hydrogen (secondary N) is 1. The van der Waals surface area contributed by atoms with Crippen LogP contribution in [0.2, 0.25) is 4.34 Å². The maximum absolute atomic E-state index is 6.13. The van der Waals surface area contributed by atoms with Gasteiger partial charge in [-0.3, -0.25) is 0 Å². The second kappa shape index (κ2) is 6.30. The maximum Gasteiger partial charge on any atom is 0.0931 e. The van der Waals surface area contributed by atoms with E-state index in [1.807, 2.05) is 6.07 Å². The van der Waals surface area contributed by atoms with Crippen LogP contribution in [0.3, 0.4) is 0 Å². The Balaban J connectivity index is 1.96. The topological polar surface area (TPSA) is 12.0 Å². The third-order valence-electron chi connectivity index (χ3n) is 4.14. The molecule has 1 aromatic carbocycles. The summed E-state index contributed by atoms with van der Waals surface area (Å²) in [6.45, 7) is 3.16. The number of benzene rings is 1. The van der Waals surface area contributed by atoms with E-state index in [1.54, 1.807) is 11.3 Å². The first kappa shape index (κ1) is 14.1. The van der Waals surface area contributed by atoms with E-state index >= 15 is 0 Å². The molecule has 0 bridgehead atoms. The average molecular weight is 306 g/mol. The summed E-state index contributed by atoms with van der Waals surface area (Å²) in [5.74, 6) is 0.564. The van der Waals surface area contributed by atoms with E-state index in [0.29, 0.717) is 12.0 Å². The minimum Gasteiger partial charge on any atom is -0.309 e. The van der Waals surface area contributed by atoms with Crippen LogP contribution in [0.5, 0.6) is 0 Å². The third-order valence-corrected chi connectivity index (χ3v) is 5.46. The van der Waals surface area contributed by atoms with Crippen molar-refractivity contribution in [1.82, 2.24) is 5.32 Å². The number of fused-ring (bicyclic) bond motifs is 1. The maximum atomic E-state index is 6.13. The fraction of sp³-hybridized carbons (Fsp3) is 0.412. The van der Waals surface area contributed by atoms with Crippen LogP contribution in [0, 0.1) is 0 Å². The lowest BCUT2D eigenvalue weighted by Gasteiger charge is -2.32. The molecule has 0 fully saturated rings. The summed E-state index contributed by atoms with van der Waals surface area (Å²) in [5.41, 5.74) is 3.04. The summed E-state index contributed by atoms with van der Waals surface area (Å²) in [6.07, 6.45) is 3.75. The lowest BCUT2D eigenvalue weighted by molar-refractivity contribution is 0.413. The molecule has 3 heteroatoms. The fourth-order valence-electron chi connectivity index (χ4n) is 3.29. The highest BCUT2D eigenvalue weighted by molar-refractivity contribution is 7.16. The minimum absolute atomic E-state index is 0.388. The smallest absolute Gasteiger partial charge is 0.0931 e. The van der Waals surface area contributed by atoms with Gasteiger partial charge in [-0.2, -0.15) is 0 Å². The van der Waals surface area contributed by atoms with Gasteiger partial charge in [-0.1, -0.05) is 42.8 Å². The quantitative estimate of drug-likeness (QED) is 0.821. The van der Waals surface area contributed by atoms with Gasteiger partial charge in [0.1, 0.15) is 0 Å². The number of hydrogen-bond acceptors (Lipinski definition) is 2. The van der Waals surface area contributed by atoms with Gasteiger partial charge in [0, 0.05) is 16.8 Å². The van der Waals surface area contributed by atoms with E-state index in [4.69, 9.17) is 11.6 Å². The molecule has 0 radical (unpaired) electrons. The molecule has 1 nitrogen and oxygen atoms in total. The fourth-order valence-corrected chi connectivity index (χ4v) is 4.50. The Morgan fingerprint density at radius 1 is 1.30 bits per heavy atom. The summed E-state index contributed by atoms with van der Waals surface area (Å²) in [4.78, 5) is 1.36. The van der Waals surface area contributed by atoms with Crippen LogP contribution in [0.15, 0.2) is 36.4 Å². The molecule has 3 rings (SSSR count). The lowest BCUT2D eigenvalue weighted by atomic mass is 9.78. The van der Waals surface area contributed by atoms with E-state index in [-0.39, 0.29) is 0 Å². The van der Waals surface area contributed by atoms with Crippen LogP contribution in [0.1, 0.15) is 47.7 Å². The number of thiophene rings is 1. The first-order valence-electron chi connectivity index (χ1n) is 7.36. The molecule has 1 heterocycles. The van der Waals surface area contributed by atoms with Crippen LogP contribution < -0.4 is 5.32 Å². The van der Waals surface area contributed by atoms with Crippen molar-refractivity contribution in [2.45, 2.75) is 38.1 Å². The number of halogens is 1. The molecule has 2 atom stereocenters. The van der Waals surface area contributed by atoms with E-state index in [2.05, 4.69) is 42.6 Å². The molecule has 1 N–H and O–H groups in total. The molecule has 0 spiro atoms. The highest BCUT2D eigenvalue weighted by atomic mass is 35.5. The summed E-state index contributed by atoms with van der Waals surface area (Å²) in [7, 11) is 0. The molecule has 0 saturated heterocycles. The Morgan fingerprint density at radius 2 is 2.15 bits per heavy atom. The van der Waals surface area contributed by atoms with Gasteiger partial charge in [0.15, 0.2) is 0 Å². The predicted molar refractivity (Wildman–Crippen MR) is 87.9 cm³/mol. The molecule has 106 valence electrons. The van der Waals surface area contributed by atoms with Crippen molar-refractivity contribution in [3.8, 4) is 0 Å². The van der Waals surface area contributed by atoms with Gasteiger partial charge < -0.3 is 5.32 Å². The van der Waals surface area contributed by atoms with Crippen molar-refractivity contribution in [3.63, 3.8) is 0 Å². The molecule has 1 aromatic heterocycles. The van der Waals surface area contributed by atoms with Gasteiger partial charge in [-0.25, -0.2) is 0 Å². The zero-order valence-corrected chi connectivity index (χ0v) is 13.3. The number of likely N-dealkylation sites (N-methyl/N-ethyl adjacent to an activating group) is 1. The van der Waals surface area contributed by atoms with Gasteiger partial charge in [-0.05, 0) is 49.1 Å². The van der Waals surface area contributed by atoms with E-state index in [9.17, 15) is 0 Å². The van der Waals surface area contributed by atoms with Gasteiger partial charge in [0.05, 0.1) is 4.34 Å². The largest absolute Gasteiger partial charge is 0.309 e. The molecule has 0 aliphatic heterocycles. The van der Waals surface area contributed by atoms with Gasteiger partial charge in [0.2, 0.25) is 0 Å². The number of hydrogen-bond donors (Lipinski definition) is 1. The molecule has 2 aromatic rings. The molecular weight excluding hydrogens is 286 g/mol. The Kier molecular flexibility index (Phi) is 4.45. The molecule has 1 aliphatic carbocycles. The summed E-state index contributed by atoms with van der Waals surface area (Å²) < 4.78 is 0.881. The second-order valence-electron chi connectivity index (χ2n) is 5.37. The Morgan fingerprint density at radius 3 is 2.90 bits per heavy atom. The van der Waals surface area contributed by atoms with Gasteiger partial charge >= 0.3 is 0 Å². The van der Waals surface area contributed by atoms with Crippen molar-refractivity contribution in [3.05, 3.63) is 56.7 Å². The normalized spacial score (nSPS) is 19.6. The van der Waals surface area contributed by atoms with Crippen molar-refractivity contribution in [2.75, 3.05) is 6.54 Å². The monoisotopic (exact) mass is 305 g/mol. The van der Waals surface area contributed by atoms with Crippen LogP contribution >= 0.6 is 22.9 Å². The van der Waals surface area contributed by atoms with Crippen molar-refractivity contribution < 1.29 is 0 Å². The molecule has 0 saturated carbocycles. The number of rotatable bonds is 4. The third kappa shape index (κ3) is 2.78. The summed E-state index contributed by atoms with van der Waals surface area (Å²) >= 11 is 7.84. The highest BCUT2D eigenvalue weighted by Gasteiger charge is 2.29. The standard InChI is InChI=1S/C17H20ClNS/c1-2-19-17(15-10-11-16(18)20-15)14-9-5-7-12-6-3-4-8-13(12)14/h3-4,6,8,10-11,14,17,19H,2,5,7,9H2,1H3. The zero-order chi connectivity index (χ0) is 13.9. The van der Waals surface area contributed by atoms with E-state index in [0.717, 1.165) is 10.9 Å². The van der Waals surface area contributed by atoms with Crippen LogP contribution in [0.4, 0.5) is 0 Å². The highest BCUT2D eigenvalue weighted by Crippen LogP contribution is 2.42. The number of aryl methyl sites for hydroxylation is 1. The summed E-state index contributed by atoms with van der Waals surface area (Å²) in [5, 5.41) is 3.67. The first-order valence-corrected chi connectivity index (χ1v) is 8.55. The first-order chi connectivity index (χ1) is 9.79. The average Bonchev–Trinajstić information content (AvgIpc) is 2.91. The Labute approximate surface area is 130 Å². The van der Waals surface area contributed by atoms with Gasteiger partial charge in [-0.15, -0.1) is 11.3 Å². The Bertz CT molecular complexity index is 578. The minimum atomic E-state index is 0.388. The molecular formula is C17H20ClNS. The van der Waals surface area contributed by atoms with Crippen LogP contribution in [0.25, 0.3) is 0 Å². The lowest BCUT2D eigenvalue weighted by Crippen LogP contribution is -2.28. The molecule has 20 heavy (non-hydrogen) atoms. The van der Waals surface area contributed by atoms with Crippen LogP contribution in [-0.2, 0) is 6.42 Å². The van der Waals surface area contributed by atoms with Crippen LogP contribution in [-0.4, -0.2) is 6.54 Å². The van der Waals surface area contributed by atoms with E-state index < -0.39 is 0 Å². The zero-order valence-electron chi connectivity index (χ0n) is 11.7. The molecule has 2 unspecified atom stereocenters. The Hall–Kier alpha value is -0.830. The van der Waals surface area contributed by atoms with E-state index in [1.165, 1.54) is 35.3 Å². The predicted octanol–water partition coefficient (Wildman–Crippen LogP) is 5.17. The summed E-state index contributed by atoms with van der Waals surface area (Å²) in [6, 6.07) is 13.5. The van der Waals surface area contributed by atoms with Crippen molar-refractivity contribution in [1.29, 1.82) is 0 Å². The molecule has 1 aliphatic rings. The molecule has 0 amide bonds. The van der Waals surface area contributed by atoms with Crippen molar-refractivity contribution in [2.24, 2.45) is 0 Å². The SMILES string of the molecule is CCNC(c1ccc(Cl)s1)C1CCCc2ccccc21.